The van der Waals surface area contributed by atoms with E-state index in [1.165, 1.54) is 11.2 Å². The third-order valence-electron chi connectivity index (χ3n) is 3.31. The molecule has 1 aliphatic rings. The maximum atomic E-state index is 12.0. The van der Waals surface area contributed by atoms with Gasteiger partial charge in [0.2, 0.25) is 0 Å². The molecule has 0 saturated carbocycles. The summed E-state index contributed by atoms with van der Waals surface area (Å²) < 4.78 is 28.0. The Balaban J connectivity index is 1.91. The van der Waals surface area contributed by atoms with E-state index in [0.29, 0.717) is 13.0 Å². The SMILES string of the molecule is CS(=O)(=O)CC1CCCN1C(=O)OCc1ccccc1. The molecule has 0 aliphatic carbocycles. The number of rotatable bonds is 4. The molecule has 0 radical (unpaired) electrons. The largest absolute Gasteiger partial charge is 0.445 e. The van der Waals surface area contributed by atoms with Crippen LogP contribution in [0.1, 0.15) is 18.4 Å². The van der Waals surface area contributed by atoms with E-state index < -0.39 is 15.9 Å². The normalized spacial score (nSPS) is 19.1. The molecule has 1 heterocycles. The average Bonchev–Trinajstić information content (AvgIpc) is 2.83. The second kappa shape index (κ2) is 6.26. The Labute approximate surface area is 119 Å². The first-order valence-corrected chi connectivity index (χ1v) is 8.67. The molecule has 1 atom stereocenters. The predicted molar refractivity (Wildman–Crippen MR) is 76.1 cm³/mol. The fourth-order valence-electron chi connectivity index (χ4n) is 2.40. The van der Waals surface area contributed by atoms with Gasteiger partial charge in [-0.25, -0.2) is 13.2 Å². The van der Waals surface area contributed by atoms with Gasteiger partial charge in [0.15, 0.2) is 0 Å². The lowest BCUT2D eigenvalue weighted by Crippen LogP contribution is -2.39. The Kier molecular flexibility index (Phi) is 4.65. The molecule has 5 nitrogen and oxygen atoms in total. The van der Waals surface area contributed by atoms with Crippen LogP contribution in [0.4, 0.5) is 4.79 Å². The third kappa shape index (κ3) is 4.23. The van der Waals surface area contributed by atoms with Crippen LogP contribution < -0.4 is 0 Å². The number of benzene rings is 1. The number of amides is 1. The fourth-order valence-corrected chi connectivity index (χ4v) is 3.45. The summed E-state index contributed by atoms with van der Waals surface area (Å²) in [5.74, 6) is 0.00738. The number of hydrogen-bond donors (Lipinski definition) is 0. The van der Waals surface area contributed by atoms with Crippen LogP contribution in [-0.2, 0) is 21.2 Å². The Morgan fingerprint density at radius 2 is 2.05 bits per heavy atom. The van der Waals surface area contributed by atoms with E-state index in [2.05, 4.69) is 0 Å². The van der Waals surface area contributed by atoms with Gasteiger partial charge in [0, 0.05) is 18.8 Å². The van der Waals surface area contributed by atoms with E-state index in [1.807, 2.05) is 30.3 Å². The van der Waals surface area contributed by atoms with Crippen molar-refractivity contribution in [2.75, 3.05) is 18.6 Å². The second-order valence-electron chi connectivity index (χ2n) is 5.12. The first kappa shape index (κ1) is 14.8. The van der Waals surface area contributed by atoms with Crippen molar-refractivity contribution in [3.05, 3.63) is 35.9 Å². The van der Waals surface area contributed by atoms with Crippen LogP contribution in [0.15, 0.2) is 30.3 Å². The molecule has 0 aromatic heterocycles. The molecule has 1 aliphatic heterocycles. The minimum atomic E-state index is -3.09. The molecule has 0 bridgehead atoms. The van der Waals surface area contributed by atoms with Gasteiger partial charge in [-0.1, -0.05) is 30.3 Å². The number of hydrogen-bond acceptors (Lipinski definition) is 4. The first-order chi connectivity index (χ1) is 9.46. The van der Waals surface area contributed by atoms with Crippen LogP contribution >= 0.6 is 0 Å². The minimum absolute atomic E-state index is 0.00738. The van der Waals surface area contributed by atoms with Crippen LogP contribution in [0.25, 0.3) is 0 Å². The van der Waals surface area contributed by atoms with Crippen LogP contribution in [0.5, 0.6) is 0 Å². The van der Waals surface area contributed by atoms with Crippen LogP contribution in [0.2, 0.25) is 0 Å². The summed E-state index contributed by atoms with van der Waals surface area (Å²) in [4.78, 5) is 13.6. The average molecular weight is 297 g/mol. The molecule has 6 heteroatoms. The number of carbonyl (C=O) groups excluding carboxylic acids is 1. The van der Waals surface area contributed by atoms with Crippen molar-refractivity contribution in [3.8, 4) is 0 Å². The van der Waals surface area contributed by atoms with Crippen molar-refractivity contribution in [3.63, 3.8) is 0 Å². The van der Waals surface area contributed by atoms with E-state index >= 15 is 0 Å². The first-order valence-electron chi connectivity index (χ1n) is 6.61. The summed E-state index contributed by atoms with van der Waals surface area (Å²) in [5.41, 5.74) is 0.916. The van der Waals surface area contributed by atoms with Crippen molar-refractivity contribution < 1.29 is 17.9 Å². The van der Waals surface area contributed by atoms with Crippen molar-refractivity contribution >= 4 is 15.9 Å². The number of likely N-dealkylation sites (tertiary alicyclic amines) is 1. The quantitative estimate of drug-likeness (QED) is 0.850. The summed E-state index contributed by atoms with van der Waals surface area (Å²) in [5, 5.41) is 0. The Hall–Kier alpha value is -1.56. The van der Waals surface area contributed by atoms with Gasteiger partial charge in [-0.3, -0.25) is 0 Å². The predicted octanol–water partition coefficient (Wildman–Crippen LogP) is 1.83. The summed E-state index contributed by atoms with van der Waals surface area (Å²) in [6, 6.07) is 9.16. The Morgan fingerprint density at radius 3 is 2.70 bits per heavy atom. The number of carbonyl (C=O) groups is 1. The van der Waals surface area contributed by atoms with Crippen LogP contribution in [0, 0.1) is 0 Å². The van der Waals surface area contributed by atoms with Crippen LogP contribution in [-0.4, -0.2) is 44.0 Å². The number of nitrogens with zero attached hydrogens (tertiary/aromatic N) is 1. The number of ether oxygens (including phenoxy) is 1. The highest BCUT2D eigenvalue weighted by Gasteiger charge is 2.32. The third-order valence-corrected chi connectivity index (χ3v) is 4.30. The molecule has 0 N–H and O–H groups in total. The van der Waals surface area contributed by atoms with Crippen LogP contribution in [0.3, 0.4) is 0 Å². The van der Waals surface area contributed by atoms with Gasteiger partial charge in [-0.2, -0.15) is 0 Å². The molecule has 2 rings (SSSR count). The molecule has 0 spiro atoms. The zero-order valence-corrected chi connectivity index (χ0v) is 12.3. The smallest absolute Gasteiger partial charge is 0.410 e. The van der Waals surface area contributed by atoms with E-state index in [4.69, 9.17) is 4.74 Å². The van der Waals surface area contributed by atoms with Gasteiger partial charge in [0.05, 0.1) is 5.75 Å². The molecule has 1 aromatic rings. The van der Waals surface area contributed by atoms with E-state index in [0.717, 1.165) is 12.0 Å². The fraction of sp³-hybridized carbons (Fsp3) is 0.500. The molecule has 1 saturated heterocycles. The molecule has 20 heavy (non-hydrogen) atoms. The van der Waals surface area contributed by atoms with Gasteiger partial charge in [0.1, 0.15) is 16.4 Å². The molecular formula is C14H19NO4S. The van der Waals surface area contributed by atoms with Gasteiger partial charge >= 0.3 is 6.09 Å². The molecule has 1 unspecified atom stereocenters. The van der Waals surface area contributed by atoms with E-state index in [-0.39, 0.29) is 18.4 Å². The van der Waals surface area contributed by atoms with Gasteiger partial charge in [-0.15, -0.1) is 0 Å². The lowest BCUT2D eigenvalue weighted by atomic mass is 10.2. The van der Waals surface area contributed by atoms with Crippen molar-refractivity contribution in [1.29, 1.82) is 0 Å². The topological polar surface area (TPSA) is 63.7 Å². The lowest BCUT2D eigenvalue weighted by molar-refractivity contribution is 0.0948. The molecular weight excluding hydrogens is 278 g/mol. The summed E-state index contributed by atoms with van der Waals surface area (Å²) in [6.45, 7) is 0.773. The van der Waals surface area contributed by atoms with E-state index in [9.17, 15) is 13.2 Å². The van der Waals surface area contributed by atoms with Crippen molar-refractivity contribution in [2.45, 2.75) is 25.5 Å². The highest BCUT2D eigenvalue weighted by atomic mass is 32.2. The summed E-state index contributed by atoms with van der Waals surface area (Å²) >= 11 is 0. The Bertz CT molecular complexity index is 556. The highest BCUT2D eigenvalue weighted by Crippen LogP contribution is 2.20. The molecule has 1 fully saturated rings. The zero-order chi connectivity index (χ0) is 14.6. The van der Waals surface area contributed by atoms with Gasteiger partial charge < -0.3 is 9.64 Å². The minimum Gasteiger partial charge on any atom is -0.445 e. The van der Waals surface area contributed by atoms with Crippen molar-refractivity contribution in [1.82, 2.24) is 4.90 Å². The second-order valence-corrected chi connectivity index (χ2v) is 7.31. The summed E-state index contributed by atoms with van der Waals surface area (Å²) in [6.07, 6.45) is 2.30. The monoisotopic (exact) mass is 297 g/mol. The van der Waals surface area contributed by atoms with Crippen molar-refractivity contribution in [2.24, 2.45) is 0 Å². The highest BCUT2D eigenvalue weighted by molar-refractivity contribution is 7.90. The lowest BCUT2D eigenvalue weighted by Gasteiger charge is -2.23. The maximum absolute atomic E-state index is 12.0. The molecule has 110 valence electrons. The summed E-state index contributed by atoms with van der Waals surface area (Å²) in [7, 11) is -3.09. The van der Waals surface area contributed by atoms with E-state index in [1.54, 1.807) is 0 Å². The zero-order valence-electron chi connectivity index (χ0n) is 11.5. The van der Waals surface area contributed by atoms with Gasteiger partial charge in [-0.05, 0) is 18.4 Å². The maximum Gasteiger partial charge on any atom is 0.410 e. The molecule has 1 aromatic carbocycles. The standard InChI is InChI=1S/C14H19NO4S/c1-20(17,18)11-13-8-5-9-15(13)14(16)19-10-12-6-3-2-4-7-12/h2-4,6-7,13H,5,8-11H2,1H3. The molecule has 1 amide bonds. The van der Waals surface area contributed by atoms with Gasteiger partial charge in [0.25, 0.3) is 0 Å². The number of sulfone groups is 1. The Morgan fingerprint density at radius 1 is 1.35 bits per heavy atom.